The minimum absolute atomic E-state index is 0.297. The van der Waals surface area contributed by atoms with Crippen molar-refractivity contribution in [3.05, 3.63) is 24.4 Å². The highest BCUT2D eigenvalue weighted by Crippen LogP contribution is 2.32. The molecular formula is C15H17N5O3S. The van der Waals surface area contributed by atoms with Gasteiger partial charge in [0.05, 0.1) is 7.11 Å². The molecule has 2 N–H and O–H groups in total. The van der Waals surface area contributed by atoms with E-state index in [4.69, 9.17) is 0 Å². The van der Waals surface area contributed by atoms with Crippen LogP contribution in [0.5, 0.6) is 0 Å². The average molecular weight is 347 g/mol. The molecular weight excluding hydrogens is 330 g/mol. The number of rotatable bonds is 4. The second kappa shape index (κ2) is 6.91. The van der Waals surface area contributed by atoms with Crippen LogP contribution in [0.2, 0.25) is 0 Å². The predicted octanol–water partition coefficient (Wildman–Crippen LogP) is 2.21. The van der Waals surface area contributed by atoms with E-state index in [1.165, 1.54) is 18.4 Å². The second-order valence-electron chi connectivity index (χ2n) is 5.49. The van der Waals surface area contributed by atoms with Crippen molar-refractivity contribution in [2.75, 3.05) is 12.4 Å². The summed E-state index contributed by atoms with van der Waals surface area (Å²) in [6.07, 6.45) is 3.93. The summed E-state index contributed by atoms with van der Waals surface area (Å²) < 4.78 is 4.64. The van der Waals surface area contributed by atoms with Crippen LogP contribution in [0.1, 0.15) is 25.7 Å². The number of carbonyl (C=O) groups excluding carboxylic acids is 2. The van der Waals surface area contributed by atoms with Crippen LogP contribution in [-0.2, 0) is 9.53 Å². The number of methoxy groups -OCH3 is 1. The van der Waals surface area contributed by atoms with E-state index in [0.29, 0.717) is 28.7 Å². The van der Waals surface area contributed by atoms with E-state index in [9.17, 15) is 9.59 Å². The van der Waals surface area contributed by atoms with Crippen LogP contribution in [-0.4, -0.2) is 39.8 Å². The SMILES string of the molecule is COC(=O)NC1(C(=O)Nc2nnc(-c3ccccn3)s2)CCCC1. The van der Waals surface area contributed by atoms with Crippen molar-refractivity contribution in [1.29, 1.82) is 0 Å². The van der Waals surface area contributed by atoms with Gasteiger partial charge in [0.2, 0.25) is 5.13 Å². The molecule has 126 valence electrons. The van der Waals surface area contributed by atoms with Gasteiger partial charge in [0.25, 0.3) is 5.91 Å². The average Bonchev–Trinajstić information content (AvgIpc) is 3.26. The van der Waals surface area contributed by atoms with E-state index in [0.717, 1.165) is 12.8 Å². The molecule has 0 unspecified atom stereocenters. The lowest BCUT2D eigenvalue weighted by atomic mass is 9.97. The number of pyridine rings is 1. The van der Waals surface area contributed by atoms with Gasteiger partial charge in [0.15, 0.2) is 5.01 Å². The monoisotopic (exact) mass is 347 g/mol. The van der Waals surface area contributed by atoms with Gasteiger partial charge in [-0.3, -0.25) is 15.1 Å². The van der Waals surface area contributed by atoms with Gasteiger partial charge in [-0.25, -0.2) is 4.79 Å². The van der Waals surface area contributed by atoms with E-state index in [-0.39, 0.29) is 5.91 Å². The minimum Gasteiger partial charge on any atom is -0.453 e. The maximum atomic E-state index is 12.7. The molecule has 8 nitrogen and oxygen atoms in total. The summed E-state index contributed by atoms with van der Waals surface area (Å²) in [6.45, 7) is 0. The Balaban J connectivity index is 1.74. The number of alkyl carbamates (subject to hydrolysis) is 1. The Hall–Kier alpha value is -2.55. The number of anilines is 1. The van der Waals surface area contributed by atoms with Crippen molar-refractivity contribution in [3.8, 4) is 10.7 Å². The third kappa shape index (κ3) is 3.35. The van der Waals surface area contributed by atoms with Gasteiger partial charge >= 0.3 is 6.09 Å². The Morgan fingerprint density at radius 2 is 2.04 bits per heavy atom. The third-order valence-electron chi connectivity index (χ3n) is 3.95. The van der Waals surface area contributed by atoms with Crippen molar-refractivity contribution >= 4 is 28.5 Å². The number of nitrogens with one attached hydrogen (secondary N) is 2. The zero-order chi connectivity index (χ0) is 17.0. The first kappa shape index (κ1) is 16.3. The number of hydrogen-bond acceptors (Lipinski definition) is 7. The molecule has 0 radical (unpaired) electrons. The van der Waals surface area contributed by atoms with Crippen molar-refractivity contribution in [2.24, 2.45) is 0 Å². The highest BCUT2D eigenvalue weighted by Gasteiger charge is 2.43. The van der Waals surface area contributed by atoms with Crippen molar-refractivity contribution in [1.82, 2.24) is 20.5 Å². The van der Waals surface area contributed by atoms with Gasteiger partial charge in [-0.1, -0.05) is 30.2 Å². The molecule has 1 saturated carbocycles. The quantitative estimate of drug-likeness (QED) is 0.878. The number of nitrogens with zero attached hydrogens (tertiary/aromatic N) is 3. The normalized spacial score (nSPS) is 15.7. The van der Waals surface area contributed by atoms with Gasteiger partial charge in [0.1, 0.15) is 11.2 Å². The largest absolute Gasteiger partial charge is 0.453 e. The molecule has 2 aromatic rings. The maximum absolute atomic E-state index is 12.7. The Morgan fingerprint density at radius 3 is 2.71 bits per heavy atom. The summed E-state index contributed by atoms with van der Waals surface area (Å²) in [5, 5.41) is 14.4. The smallest absolute Gasteiger partial charge is 0.407 e. The van der Waals surface area contributed by atoms with Crippen LogP contribution in [0.3, 0.4) is 0 Å². The van der Waals surface area contributed by atoms with Crippen molar-refractivity contribution in [2.45, 2.75) is 31.2 Å². The molecule has 3 rings (SSSR count). The molecule has 1 aliphatic carbocycles. The summed E-state index contributed by atoms with van der Waals surface area (Å²) >= 11 is 1.24. The molecule has 0 spiro atoms. The number of hydrogen-bond donors (Lipinski definition) is 2. The van der Waals surface area contributed by atoms with Crippen molar-refractivity contribution in [3.63, 3.8) is 0 Å². The minimum atomic E-state index is -0.954. The molecule has 2 heterocycles. The zero-order valence-corrected chi connectivity index (χ0v) is 13.9. The van der Waals surface area contributed by atoms with Gasteiger partial charge in [-0.05, 0) is 25.0 Å². The standard InChI is InChI=1S/C15H17N5O3S/c1-23-14(22)18-15(7-3-4-8-15)12(21)17-13-20-19-11(24-13)10-6-2-5-9-16-10/h2,5-6,9H,3-4,7-8H2,1H3,(H,18,22)(H,17,20,21). The molecule has 24 heavy (non-hydrogen) atoms. The topological polar surface area (TPSA) is 106 Å². The van der Waals surface area contributed by atoms with E-state index in [1.807, 2.05) is 18.2 Å². The van der Waals surface area contributed by atoms with E-state index < -0.39 is 11.6 Å². The van der Waals surface area contributed by atoms with Crippen molar-refractivity contribution < 1.29 is 14.3 Å². The zero-order valence-electron chi connectivity index (χ0n) is 13.1. The van der Waals surface area contributed by atoms with Gasteiger partial charge in [-0.15, -0.1) is 10.2 Å². The highest BCUT2D eigenvalue weighted by atomic mass is 32.1. The lowest BCUT2D eigenvalue weighted by Gasteiger charge is -2.27. The van der Waals surface area contributed by atoms with Crippen LogP contribution in [0.15, 0.2) is 24.4 Å². The summed E-state index contributed by atoms with van der Waals surface area (Å²) in [7, 11) is 1.28. The first-order valence-corrected chi connectivity index (χ1v) is 8.37. The fourth-order valence-electron chi connectivity index (χ4n) is 2.72. The van der Waals surface area contributed by atoms with E-state index in [2.05, 4.69) is 30.6 Å². The fourth-order valence-corrected chi connectivity index (χ4v) is 3.43. The Bertz CT molecular complexity index is 728. The van der Waals surface area contributed by atoms with Crippen LogP contribution in [0.4, 0.5) is 9.93 Å². The highest BCUT2D eigenvalue weighted by molar-refractivity contribution is 7.18. The summed E-state index contributed by atoms with van der Waals surface area (Å²) in [5.74, 6) is -0.297. The van der Waals surface area contributed by atoms with Gasteiger partial charge in [-0.2, -0.15) is 0 Å². The Labute approximate surface area is 142 Å². The third-order valence-corrected chi connectivity index (χ3v) is 4.81. The van der Waals surface area contributed by atoms with Crippen LogP contribution >= 0.6 is 11.3 Å². The number of aromatic nitrogens is 3. The van der Waals surface area contributed by atoms with Gasteiger partial charge < -0.3 is 10.1 Å². The summed E-state index contributed by atoms with van der Waals surface area (Å²) in [4.78, 5) is 28.5. The summed E-state index contributed by atoms with van der Waals surface area (Å²) in [5.41, 5.74) is -0.261. The molecule has 0 bridgehead atoms. The van der Waals surface area contributed by atoms with E-state index in [1.54, 1.807) is 6.20 Å². The molecule has 0 aromatic carbocycles. The first-order chi connectivity index (χ1) is 11.6. The van der Waals surface area contributed by atoms with E-state index >= 15 is 0 Å². The number of ether oxygens (including phenoxy) is 1. The number of amides is 2. The van der Waals surface area contributed by atoms with Crippen LogP contribution in [0, 0.1) is 0 Å². The first-order valence-electron chi connectivity index (χ1n) is 7.55. The lowest BCUT2D eigenvalue weighted by Crippen LogP contribution is -2.55. The lowest BCUT2D eigenvalue weighted by molar-refractivity contribution is -0.122. The predicted molar refractivity (Wildman–Crippen MR) is 88.5 cm³/mol. The molecule has 1 fully saturated rings. The summed E-state index contributed by atoms with van der Waals surface area (Å²) in [6, 6.07) is 5.49. The molecule has 0 aliphatic heterocycles. The molecule has 2 amide bonds. The van der Waals surface area contributed by atoms with Gasteiger partial charge in [0, 0.05) is 6.20 Å². The number of carbonyl (C=O) groups is 2. The van der Waals surface area contributed by atoms with Crippen LogP contribution in [0.25, 0.3) is 10.7 Å². The van der Waals surface area contributed by atoms with Crippen LogP contribution < -0.4 is 10.6 Å². The molecule has 1 aliphatic rings. The molecule has 0 saturated heterocycles. The molecule has 9 heteroatoms. The fraction of sp³-hybridized carbons (Fsp3) is 0.400. The second-order valence-corrected chi connectivity index (χ2v) is 6.46. The molecule has 0 atom stereocenters. The Morgan fingerprint density at radius 1 is 1.25 bits per heavy atom. The maximum Gasteiger partial charge on any atom is 0.407 e. The Kier molecular flexibility index (Phi) is 4.70. The molecule has 2 aromatic heterocycles.